The van der Waals surface area contributed by atoms with Gasteiger partial charge in [-0.05, 0) is 37.5 Å². The number of rotatable bonds is 13. The van der Waals surface area contributed by atoms with Gasteiger partial charge >= 0.3 is 0 Å². The van der Waals surface area contributed by atoms with Crippen molar-refractivity contribution >= 4 is 0 Å². The maximum atomic E-state index is 11.6. The minimum atomic E-state index is -1.44. The molecule has 3 aliphatic heterocycles. The van der Waals surface area contributed by atoms with Crippen molar-refractivity contribution in [3.05, 3.63) is 108 Å². The average Bonchev–Trinajstić information content (AvgIpc) is 3.15. The van der Waals surface area contributed by atoms with Crippen molar-refractivity contribution in [1.29, 1.82) is 0 Å². The molecule has 0 unspecified atom stereocenters. The predicted molar refractivity (Wildman–Crippen MR) is 184 cm³/mol. The molecule has 13 heteroatoms. The van der Waals surface area contributed by atoms with Crippen LogP contribution in [0.5, 0.6) is 0 Å². The first-order chi connectivity index (χ1) is 25.1. The molecule has 0 bridgehead atoms. The fourth-order valence-electron chi connectivity index (χ4n) is 6.66. The Labute approximate surface area is 303 Å². The molecule has 0 aliphatic carbocycles. The molecule has 52 heavy (non-hydrogen) atoms. The van der Waals surface area contributed by atoms with E-state index >= 15 is 0 Å². The molecular weight excluding hydrogens is 676 g/mol. The normalized spacial score (nSPS) is 38.2. The quantitative estimate of drug-likeness (QED) is 0.174. The second-order valence-corrected chi connectivity index (χ2v) is 13.6. The Morgan fingerprint density at radius 3 is 1.27 bits per heavy atom. The van der Waals surface area contributed by atoms with E-state index in [1.807, 2.05) is 91.0 Å². The number of ether oxygens (including phenoxy) is 8. The van der Waals surface area contributed by atoms with Gasteiger partial charge in [0.25, 0.3) is 0 Å². The van der Waals surface area contributed by atoms with Gasteiger partial charge in [-0.15, -0.1) is 0 Å². The van der Waals surface area contributed by atoms with Gasteiger partial charge in [-0.1, -0.05) is 91.0 Å². The summed E-state index contributed by atoms with van der Waals surface area (Å²) >= 11 is 0. The van der Waals surface area contributed by atoms with Gasteiger partial charge in [0, 0.05) is 0 Å². The molecule has 0 amide bonds. The van der Waals surface area contributed by atoms with Crippen LogP contribution in [0.4, 0.5) is 0 Å². The van der Waals surface area contributed by atoms with Crippen LogP contribution in [0, 0.1) is 0 Å². The summed E-state index contributed by atoms with van der Waals surface area (Å²) in [4.78, 5) is 0. The van der Waals surface area contributed by atoms with E-state index in [4.69, 9.17) is 37.9 Å². The lowest BCUT2D eigenvalue weighted by atomic mass is 9.96. The SMILES string of the molecule is C[C@@H]1O[C@@H](O[C@@H]2[C@H](O)[C@H](C)O[C@@H](O[C@@H]3[C@H](O)[C@H](C)O[C@@H](O)[C@H]3OCc3ccccc3)[C@H]2OCc2ccccc2)[C@@H](OCc2ccccc2)[C@H](O)[C@@H]1O. The Kier molecular flexibility index (Phi) is 13.4. The zero-order chi connectivity index (χ0) is 36.8. The predicted octanol–water partition coefficient (Wildman–Crippen LogP) is 2.18. The molecule has 0 saturated carbocycles. The van der Waals surface area contributed by atoms with Crippen molar-refractivity contribution in [3.63, 3.8) is 0 Å². The van der Waals surface area contributed by atoms with E-state index in [0.717, 1.165) is 16.7 Å². The van der Waals surface area contributed by atoms with E-state index < -0.39 is 92.1 Å². The molecule has 3 aromatic carbocycles. The Balaban J connectivity index is 1.28. The van der Waals surface area contributed by atoms with Crippen molar-refractivity contribution in [3.8, 4) is 0 Å². The van der Waals surface area contributed by atoms with Crippen molar-refractivity contribution in [1.82, 2.24) is 0 Å². The van der Waals surface area contributed by atoms with E-state index in [9.17, 15) is 25.5 Å². The van der Waals surface area contributed by atoms with Crippen molar-refractivity contribution in [2.45, 2.75) is 133 Å². The maximum Gasteiger partial charge on any atom is 0.187 e. The summed E-state index contributed by atoms with van der Waals surface area (Å²) in [5.74, 6) is 0. The van der Waals surface area contributed by atoms with Crippen LogP contribution in [0.25, 0.3) is 0 Å². The second kappa shape index (κ2) is 18.0. The van der Waals surface area contributed by atoms with Crippen molar-refractivity contribution in [2.75, 3.05) is 0 Å². The van der Waals surface area contributed by atoms with Crippen LogP contribution in [0.1, 0.15) is 37.5 Å². The third kappa shape index (κ3) is 9.25. The van der Waals surface area contributed by atoms with E-state index in [1.165, 1.54) is 0 Å². The lowest BCUT2D eigenvalue weighted by molar-refractivity contribution is -0.383. The fourth-order valence-corrected chi connectivity index (χ4v) is 6.66. The van der Waals surface area contributed by atoms with Crippen LogP contribution >= 0.6 is 0 Å². The fraction of sp³-hybridized carbons (Fsp3) is 0.538. The third-order valence-corrected chi connectivity index (χ3v) is 9.76. The Hall–Kier alpha value is -2.86. The van der Waals surface area contributed by atoms with Gasteiger partial charge in [-0.25, -0.2) is 0 Å². The minimum Gasteiger partial charge on any atom is -0.388 e. The zero-order valence-electron chi connectivity index (χ0n) is 29.4. The van der Waals surface area contributed by atoms with E-state index in [1.54, 1.807) is 20.8 Å². The number of hydrogen-bond acceptors (Lipinski definition) is 13. The van der Waals surface area contributed by atoms with Gasteiger partial charge in [0.2, 0.25) is 0 Å². The molecule has 0 aromatic heterocycles. The van der Waals surface area contributed by atoms with Gasteiger partial charge in [0.15, 0.2) is 18.9 Å². The molecule has 3 heterocycles. The van der Waals surface area contributed by atoms with Gasteiger partial charge in [0.05, 0.1) is 38.1 Å². The monoisotopic (exact) mass is 726 g/mol. The Morgan fingerprint density at radius 2 is 0.788 bits per heavy atom. The minimum absolute atomic E-state index is 0.0657. The van der Waals surface area contributed by atoms with Gasteiger partial charge in [0.1, 0.15) is 54.9 Å². The molecule has 3 fully saturated rings. The van der Waals surface area contributed by atoms with Gasteiger partial charge < -0.3 is 63.4 Å². The van der Waals surface area contributed by atoms with Crippen molar-refractivity contribution in [2.24, 2.45) is 0 Å². The number of hydrogen-bond donors (Lipinski definition) is 5. The highest BCUT2D eigenvalue weighted by atomic mass is 16.8. The molecule has 6 rings (SSSR count). The molecule has 13 nitrogen and oxygen atoms in total. The van der Waals surface area contributed by atoms with E-state index in [0.29, 0.717) is 0 Å². The highest BCUT2D eigenvalue weighted by Crippen LogP contribution is 2.35. The van der Waals surface area contributed by atoms with Crippen LogP contribution in [-0.4, -0.2) is 118 Å². The van der Waals surface area contributed by atoms with Crippen LogP contribution in [-0.2, 0) is 57.7 Å². The summed E-state index contributed by atoms with van der Waals surface area (Å²) in [5, 5.41) is 55.9. The summed E-state index contributed by atoms with van der Waals surface area (Å²) in [6.07, 6.45) is -17.5. The largest absolute Gasteiger partial charge is 0.388 e. The molecule has 3 aromatic rings. The summed E-state index contributed by atoms with van der Waals surface area (Å²) < 4.78 is 49.5. The molecule has 0 radical (unpaired) electrons. The lowest BCUT2D eigenvalue weighted by Gasteiger charge is -2.49. The third-order valence-electron chi connectivity index (χ3n) is 9.76. The van der Waals surface area contributed by atoms with E-state index in [-0.39, 0.29) is 19.8 Å². The number of aliphatic hydroxyl groups excluding tert-OH is 5. The molecule has 5 N–H and O–H groups in total. The smallest absolute Gasteiger partial charge is 0.187 e. The lowest BCUT2D eigenvalue weighted by Crippen LogP contribution is -2.66. The van der Waals surface area contributed by atoms with Crippen molar-refractivity contribution < 1.29 is 63.4 Å². The maximum absolute atomic E-state index is 11.6. The molecule has 0 spiro atoms. The number of benzene rings is 3. The first-order valence-electron chi connectivity index (χ1n) is 17.7. The summed E-state index contributed by atoms with van der Waals surface area (Å²) in [6, 6.07) is 28.0. The first-order valence-corrected chi connectivity index (χ1v) is 17.7. The molecule has 3 saturated heterocycles. The highest BCUT2D eigenvalue weighted by Gasteiger charge is 2.54. The molecule has 284 valence electrons. The molecule has 3 aliphatic rings. The highest BCUT2D eigenvalue weighted by molar-refractivity contribution is 5.15. The Bertz CT molecular complexity index is 1490. The summed E-state index contributed by atoms with van der Waals surface area (Å²) in [6.45, 7) is 5.10. The van der Waals surface area contributed by atoms with Crippen LogP contribution in [0.3, 0.4) is 0 Å². The van der Waals surface area contributed by atoms with Gasteiger partial charge in [-0.3, -0.25) is 0 Å². The summed E-state index contributed by atoms with van der Waals surface area (Å²) in [5.41, 5.74) is 2.48. The van der Waals surface area contributed by atoms with E-state index in [2.05, 4.69) is 0 Å². The van der Waals surface area contributed by atoms with Crippen LogP contribution in [0.2, 0.25) is 0 Å². The standard InChI is InChI=1S/C39H50O13/c1-22-28(40)31(43)34(45-19-25-13-7-4-8-14-25)38(49-22)52-33-30(42)24(3)50-39(36(33)47-21-27-17-11-6-12-18-27)51-32-29(41)23(2)48-37(44)35(32)46-20-26-15-9-5-10-16-26/h4-18,22-24,28-44H,19-21H2,1-3H3/t22-,23-,24-,28+,29+,30+,31+,32+,33+,34-,35-,36-,37+,38-,39-/m0/s1. The van der Waals surface area contributed by atoms with Gasteiger partial charge in [-0.2, -0.15) is 0 Å². The Morgan fingerprint density at radius 1 is 0.423 bits per heavy atom. The average molecular weight is 727 g/mol. The molecule has 15 atom stereocenters. The summed E-state index contributed by atoms with van der Waals surface area (Å²) in [7, 11) is 0. The second-order valence-electron chi connectivity index (χ2n) is 13.6. The van der Waals surface area contributed by atoms with Crippen LogP contribution in [0.15, 0.2) is 91.0 Å². The zero-order valence-corrected chi connectivity index (χ0v) is 29.4. The first kappa shape index (κ1) is 38.9. The number of aliphatic hydroxyl groups is 5. The molecular formula is C39H50O13. The topological polar surface area (TPSA) is 175 Å². The van der Waals surface area contributed by atoms with Crippen LogP contribution < -0.4 is 0 Å².